The molecule has 2 aliphatic heterocycles. The van der Waals surface area contributed by atoms with Crippen molar-refractivity contribution in [2.24, 2.45) is 0 Å². The summed E-state index contributed by atoms with van der Waals surface area (Å²) in [6, 6.07) is 1.34. The molecule has 0 spiro atoms. The van der Waals surface area contributed by atoms with Crippen LogP contribution in [0.3, 0.4) is 0 Å². The first-order valence-corrected chi connectivity index (χ1v) is 7.79. The van der Waals surface area contributed by atoms with Crippen LogP contribution in [0.2, 0.25) is 0 Å². The van der Waals surface area contributed by atoms with Gasteiger partial charge in [-0.3, -0.25) is 4.79 Å². The second kappa shape index (κ2) is 5.77. The first-order valence-electron chi connectivity index (χ1n) is 7.79. The molecule has 2 atom stereocenters. The van der Waals surface area contributed by atoms with Crippen molar-refractivity contribution in [3.8, 4) is 0 Å². The van der Waals surface area contributed by atoms with Crippen LogP contribution in [0.1, 0.15) is 6.42 Å². The van der Waals surface area contributed by atoms with E-state index < -0.39 is 12.2 Å². The number of carbonyl (C=O) groups excluding carboxylic acids is 1. The average Bonchev–Trinajstić information content (AvgIpc) is 3.21. The maximum atomic E-state index is 14.1. The van der Waals surface area contributed by atoms with Crippen molar-refractivity contribution < 1.29 is 13.9 Å². The molecule has 0 aliphatic carbocycles. The summed E-state index contributed by atoms with van der Waals surface area (Å²) >= 11 is 0. The van der Waals surface area contributed by atoms with Crippen LogP contribution in [-0.4, -0.2) is 70.8 Å². The minimum absolute atomic E-state index is 0.0456. The van der Waals surface area contributed by atoms with Crippen molar-refractivity contribution in [1.29, 1.82) is 0 Å². The smallest absolute Gasteiger partial charge is 0.245 e. The topological polar surface area (TPSA) is 74.4 Å². The number of aromatic amines is 1. The van der Waals surface area contributed by atoms with E-state index in [1.165, 1.54) is 6.33 Å². The molecular formula is C15H18FN5O2. The Kier molecular flexibility index (Phi) is 3.60. The molecule has 0 aromatic carbocycles. The van der Waals surface area contributed by atoms with Crippen molar-refractivity contribution in [1.82, 2.24) is 19.9 Å². The summed E-state index contributed by atoms with van der Waals surface area (Å²) < 4.78 is 19.4. The summed E-state index contributed by atoms with van der Waals surface area (Å²) in [7, 11) is 0. The second-order valence-electron chi connectivity index (χ2n) is 5.88. The Balaban J connectivity index is 1.66. The van der Waals surface area contributed by atoms with E-state index in [1.807, 2.05) is 6.07 Å². The maximum absolute atomic E-state index is 14.1. The number of nitrogens with zero attached hydrogens (tertiary/aromatic N) is 4. The second-order valence-corrected chi connectivity index (χ2v) is 5.88. The lowest BCUT2D eigenvalue weighted by Crippen LogP contribution is -2.50. The van der Waals surface area contributed by atoms with Crippen molar-refractivity contribution in [2.45, 2.75) is 18.6 Å². The van der Waals surface area contributed by atoms with E-state index >= 15 is 0 Å². The number of alkyl halides is 1. The number of amides is 1. The molecule has 1 N–H and O–H groups in total. The highest BCUT2D eigenvalue weighted by molar-refractivity contribution is 5.92. The molecule has 23 heavy (non-hydrogen) atoms. The van der Waals surface area contributed by atoms with Gasteiger partial charge in [0.25, 0.3) is 0 Å². The van der Waals surface area contributed by atoms with Crippen LogP contribution in [0.4, 0.5) is 10.2 Å². The van der Waals surface area contributed by atoms with E-state index in [0.717, 1.165) is 5.39 Å². The molecule has 4 heterocycles. The Morgan fingerprint density at radius 1 is 1.35 bits per heavy atom. The molecule has 7 nitrogen and oxygen atoms in total. The number of hydrogen-bond acceptors (Lipinski definition) is 5. The molecule has 2 aromatic heterocycles. The lowest BCUT2D eigenvalue weighted by atomic mass is 10.1. The molecule has 4 rings (SSSR count). The highest BCUT2D eigenvalue weighted by atomic mass is 19.1. The van der Waals surface area contributed by atoms with Gasteiger partial charge in [-0.15, -0.1) is 0 Å². The van der Waals surface area contributed by atoms with Crippen LogP contribution >= 0.6 is 0 Å². The molecule has 122 valence electrons. The standard InChI is InChI=1S/C15H18FN5O2/c16-10-7-12(15(22)20-3-5-23-6-4-20)21(8-10)14-11-1-2-17-13(11)18-9-19-14/h1-2,9-10,12H,3-8H2,(H,17,18,19)/t10-,12+/m1/s1. The van der Waals surface area contributed by atoms with E-state index in [9.17, 15) is 9.18 Å². The third-order valence-electron chi connectivity index (χ3n) is 4.46. The van der Waals surface area contributed by atoms with Gasteiger partial charge >= 0.3 is 0 Å². The third kappa shape index (κ3) is 2.52. The van der Waals surface area contributed by atoms with Crippen LogP contribution in [0.15, 0.2) is 18.6 Å². The number of fused-ring (bicyclic) bond motifs is 1. The van der Waals surface area contributed by atoms with Gasteiger partial charge in [-0.1, -0.05) is 0 Å². The van der Waals surface area contributed by atoms with Crippen molar-refractivity contribution in [3.63, 3.8) is 0 Å². The van der Waals surface area contributed by atoms with Gasteiger partial charge in [0.05, 0.1) is 25.1 Å². The van der Waals surface area contributed by atoms with Crippen LogP contribution in [0.5, 0.6) is 0 Å². The molecule has 0 bridgehead atoms. The number of anilines is 1. The van der Waals surface area contributed by atoms with Crippen LogP contribution in [-0.2, 0) is 9.53 Å². The zero-order chi connectivity index (χ0) is 15.8. The molecule has 2 saturated heterocycles. The number of ether oxygens (including phenoxy) is 1. The van der Waals surface area contributed by atoms with Crippen molar-refractivity contribution >= 4 is 22.8 Å². The Bertz CT molecular complexity index is 715. The largest absolute Gasteiger partial charge is 0.378 e. The predicted molar refractivity (Wildman–Crippen MR) is 81.9 cm³/mol. The minimum atomic E-state index is -1.03. The Morgan fingerprint density at radius 2 is 2.17 bits per heavy atom. The van der Waals surface area contributed by atoms with E-state index in [-0.39, 0.29) is 18.9 Å². The third-order valence-corrected chi connectivity index (χ3v) is 4.46. The minimum Gasteiger partial charge on any atom is -0.378 e. The van der Waals surface area contributed by atoms with Gasteiger partial charge in [-0.2, -0.15) is 0 Å². The molecule has 2 aromatic rings. The van der Waals surface area contributed by atoms with Gasteiger partial charge in [-0.25, -0.2) is 14.4 Å². The monoisotopic (exact) mass is 319 g/mol. The average molecular weight is 319 g/mol. The Hall–Kier alpha value is -2.22. The zero-order valence-corrected chi connectivity index (χ0v) is 12.6. The summed E-state index contributed by atoms with van der Waals surface area (Å²) in [6.07, 6.45) is 2.38. The quantitative estimate of drug-likeness (QED) is 0.883. The summed E-state index contributed by atoms with van der Waals surface area (Å²) in [5.41, 5.74) is 0.690. The van der Waals surface area contributed by atoms with E-state index in [0.29, 0.717) is 37.8 Å². The van der Waals surface area contributed by atoms with Gasteiger partial charge in [0.15, 0.2) is 0 Å². The van der Waals surface area contributed by atoms with Gasteiger partial charge in [-0.05, 0) is 6.07 Å². The number of H-pyrrole nitrogens is 1. The SMILES string of the molecule is O=C([C@@H]1C[C@@H](F)CN1c1ncnc2[nH]ccc12)N1CCOCC1. The number of halogens is 1. The van der Waals surface area contributed by atoms with Crippen LogP contribution < -0.4 is 4.90 Å². The molecule has 8 heteroatoms. The Labute approximate surface area is 132 Å². The number of aromatic nitrogens is 3. The summed E-state index contributed by atoms with van der Waals surface area (Å²) in [5, 5.41) is 0.807. The molecule has 0 radical (unpaired) electrons. The Morgan fingerprint density at radius 3 is 3.00 bits per heavy atom. The zero-order valence-electron chi connectivity index (χ0n) is 12.6. The lowest BCUT2D eigenvalue weighted by molar-refractivity contribution is -0.136. The summed E-state index contributed by atoms with van der Waals surface area (Å²) in [5.74, 6) is 0.568. The van der Waals surface area contributed by atoms with Gasteiger partial charge in [0.1, 0.15) is 30.0 Å². The molecule has 1 amide bonds. The number of nitrogens with one attached hydrogen (secondary N) is 1. The fourth-order valence-corrected chi connectivity index (χ4v) is 3.33. The molecule has 2 fully saturated rings. The molecular weight excluding hydrogens is 301 g/mol. The number of rotatable bonds is 2. The molecule has 0 unspecified atom stereocenters. The van der Waals surface area contributed by atoms with Gasteiger partial charge in [0.2, 0.25) is 5.91 Å². The molecule has 0 saturated carbocycles. The lowest BCUT2D eigenvalue weighted by Gasteiger charge is -2.32. The van der Waals surface area contributed by atoms with Crippen molar-refractivity contribution in [2.75, 3.05) is 37.7 Å². The number of carbonyl (C=O) groups is 1. The van der Waals surface area contributed by atoms with E-state index in [4.69, 9.17) is 4.74 Å². The first-order chi connectivity index (χ1) is 11.2. The fraction of sp³-hybridized carbons (Fsp3) is 0.533. The van der Waals surface area contributed by atoms with E-state index in [1.54, 1.807) is 16.0 Å². The first kappa shape index (κ1) is 14.4. The van der Waals surface area contributed by atoms with Gasteiger partial charge in [0, 0.05) is 25.7 Å². The fourth-order valence-electron chi connectivity index (χ4n) is 3.33. The maximum Gasteiger partial charge on any atom is 0.245 e. The normalized spacial score (nSPS) is 25.3. The van der Waals surface area contributed by atoms with Gasteiger partial charge < -0.3 is 19.5 Å². The van der Waals surface area contributed by atoms with Crippen molar-refractivity contribution in [3.05, 3.63) is 18.6 Å². The molecule has 2 aliphatic rings. The van der Waals surface area contributed by atoms with Crippen LogP contribution in [0.25, 0.3) is 11.0 Å². The highest BCUT2D eigenvalue weighted by Gasteiger charge is 2.40. The number of morpholine rings is 1. The highest BCUT2D eigenvalue weighted by Crippen LogP contribution is 2.31. The number of hydrogen-bond donors (Lipinski definition) is 1. The predicted octanol–water partition coefficient (Wildman–Crippen LogP) is 0.734. The van der Waals surface area contributed by atoms with E-state index in [2.05, 4.69) is 15.0 Å². The summed E-state index contributed by atoms with van der Waals surface area (Å²) in [6.45, 7) is 2.37. The van der Waals surface area contributed by atoms with Crippen LogP contribution in [0, 0.1) is 0 Å². The summed E-state index contributed by atoms with van der Waals surface area (Å²) in [4.78, 5) is 27.8.